The molecule has 3 rings (SSSR count). The average Bonchev–Trinajstić information content (AvgIpc) is 3.05. The van der Waals surface area contributed by atoms with Gasteiger partial charge in [-0.15, -0.1) is 0 Å². The number of halogens is 1. The first-order chi connectivity index (χ1) is 9.65. The van der Waals surface area contributed by atoms with Gasteiger partial charge >= 0.3 is 0 Å². The topological polar surface area (TPSA) is 65.4 Å². The van der Waals surface area contributed by atoms with Gasteiger partial charge in [0, 0.05) is 18.8 Å². The number of amides is 1. The van der Waals surface area contributed by atoms with E-state index in [1.54, 1.807) is 23.0 Å². The van der Waals surface area contributed by atoms with Crippen molar-refractivity contribution in [3.05, 3.63) is 40.7 Å². The monoisotopic (exact) mass is 293 g/mol. The fraction of sp³-hybridized carbons (Fsp3) is 0.231. The van der Waals surface area contributed by atoms with Gasteiger partial charge in [0.05, 0.1) is 17.3 Å². The molecular formula is C13H12ClN3O3. The van der Waals surface area contributed by atoms with Crippen molar-refractivity contribution in [2.24, 2.45) is 7.05 Å². The van der Waals surface area contributed by atoms with Crippen molar-refractivity contribution in [3.8, 4) is 11.5 Å². The Morgan fingerprint density at radius 2 is 2.35 bits per heavy atom. The van der Waals surface area contributed by atoms with E-state index in [0.717, 1.165) is 5.69 Å². The molecule has 0 spiro atoms. The number of hydrogen-bond donors (Lipinski definition) is 1. The summed E-state index contributed by atoms with van der Waals surface area (Å²) in [6.45, 7) is 0.510. The molecule has 1 aromatic carbocycles. The summed E-state index contributed by atoms with van der Waals surface area (Å²) in [4.78, 5) is 12.1. The van der Waals surface area contributed by atoms with Crippen molar-refractivity contribution < 1.29 is 14.3 Å². The number of hydrogen-bond acceptors (Lipinski definition) is 4. The zero-order valence-electron chi connectivity index (χ0n) is 10.7. The van der Waals surface area contributed by atoms with Crippen LogP contribution in [0.25, 0.3) is 0 Å². The van der Waals surface area contributed by atoms with Crippen molar-refractivity contribution in [2.45, 2.75) is 6.54 Å². The lowest BCUT2D eigenvalue weighted by atomic mass is 10.2. The molecule has 1 aromatic heterocycles. The highest BCUT2D eigenvalue weighted by Crippen LogP contribution is 2.39. The Labute approximate surface area is 120 Å². The van der Waals surface area contributed by atoms with Gasteiger partial charge in [-0.3, -0.25) is 9.48 Å². The van der Waals surface area contributed by atoms with E-state index >= 15 is 0 Å². The van der Waals surface area contributed by atoms with Crippen LogP contribution in [0.4, 0.5) is 0 Å². The molecule has 2 aromatic rings. The van der Waals surface area contributed by atoms with E-state index in [9.17, 15) is 4.79 Å². The van der Waals surface area contributed by atoms with Crippen LogP contribution in [0.5, 0.6) is 11.5 Å². The fourth-order valence-electron chi connectivity index (χ4n) is 1.95. The van der Waals surface area contributed by atoms with Crippen LogP contribution < -0.4 is 14.8 Å². The van der Waals surface area contributed by atoms with Crippen LogP contribution in [0, 0.1) is 0 Å². The Morgan fingerprint density at radius 3 is 3.10 bits per heavy atom. The van der Waals surface area contributed by atoms with Crippen molar-refractivity contribution >= 4 is 17.5 Å². The highest BCUT2D eigenvalue weighted by Gasteiger charge is 2.20. The number of benzene rings is 1. The van der Waals surface area contributed by atoms with Crippen LogP contribution in [0.1, 0.15) is 16.1 Å². The third kappa shape index (κ3) is 2.30. The van der Waals surface area contributed by atoms with Crippen LogP contribution in [-0.2, 0) is 13.6 Å². The zero-order chi connectivity index (χ0) is 14.1. The van der Waals surface area contributed by atoms with Crippen molar-refractivity contribution in [3.63, 3.8) is 0 Å². The Kier molecular flexibility index (Phi) is 3.23. The average molecular weight is 294 g/mol. The lowest BCUT2D eigenvalue weighted by molar-refractivity contribution is 0.0949. The van der Waals surface area contributed by atoms with Crippen LogP contribution in [-0.4, -0.2) is 22.5 Å². The Balaban J connectivity index is 1.75. The van der Waals surface area contributed by atoms with Gasteiger partial charge in [0.2, 0.25) is 6.79 Å². The molecule has 1 aliphatic rings. The molecule has 7 heteroatoms. The van der Waals surface area contributed by atoms with E-state index < -0.39 is 0 Å². The maximum atomic E-state index is 12.1. The van der Waals surface area contributed by atoms with E-state index in [1.807, 2.05) is 13.1 Å². The number of aryl methyl sites for hydroxylation is 1. The molecule has 20 heavy (non-hydrogen) atoms. The third-order valence-electron chi connectivity index (χ3n) is 3.04. The highest BCUT2D eigenvalue weighted by molar-refractivity contribution is 6.32. The number of rotatable bonds is 3. The van der Waals surface area contributed by atoms with Gasteiger partial charge in [0.25, 0.3) is 5.91 Å². The van der Waals surface area contributed by atoms with Gasteiger partial charge in [0.15, 0.2) is 11.5 Å². The van der Waals surface area contributed by atoms with Gasteiger partial charge in [-0.2, -0.15) is 5.10 Å². The first-order valence-corrected chi connectivity index (χ1v) is 6.37. The van der Waals surface area contributed by atoms with Gasteiger partial charge in [-0.1, -0.05) is 11.6 Å². The molecule has 104 valence electrons. The maximum Gasteiger partial charge on any atom is 0.251 e. The summed E-state index contributed by atoms with van der Waals surface area (Å²) in [7, 11) is 1.82. The van der Waals surface area contributed by atoms with Gasteiger partial charge in [-0.25, -0.2) is 0 Å². The second kappa shape index (κ2) is 5.05. The summed E-state index contributed by atoms with van der Waals surface area (Å²) in [5.41, 5.74) is 1.34. The molecule has 0 bridgehead atoms. The largest absolute Gasteiger partial charge is 0.454 e. The number of aromatic nitrogens is 2. The van der Waals surface area contributed by atoms with E-state index in [4.69, 9.17) is 21.1 Å². The highest BCUT2D eigenvalue weighted by atomic mass is 35.5. The first-order valence-electron chi connectivity index (χ1n) is 5.99. The fourth-order valence-corrected chi connectivity index (χ4v) is 2.21. The SMILES string of the molecule is Cn1nccc1CNC(=O)c1cc(Cl)c2c(c1)OCO2. The van der Waals surface area contributed by atoms with Crippen molar-refractivity contribution in [1.82, 2.24) is 15.1 Å². The van der Waals surface area contributed by atoms with Crippen molar-refractivity contribution in [2.75, 3.05) is 6.79 Å². The second-order valence-corrected chi connectivity index (χ2v) is 4.73. The maximum absolute atomic E-state index is 12.1. The molecule has 0 saturated heterocycles. The Bertz CT molecular complexity index is 669. The van der Waals surface area contributed by atoms with Gasteiger partial charge < -0.3 is 14.8 Å². The van der Waals surface area contributed by atoms with E-state index in [0.29, 0.717) is 28.6 Å². The van der Waals surface area contributed by atoms with E-state index in [-0.39, 0.29) is 12.7 Å². The van der Waals surface area contributed by atoms with Crippen LogP contribution in [0.3, 0.4) is 0 Å². The molecule has 2 heterocycles. The normalized spacial score (nSPS) is 12.5. The predicted octanol–water partition coefficient (Wildman–Crippen LogP) is 1.73. The molecular weight excluding hydrogens is 282 g/mol. The quantitative estimate of drug-likeness (QED) is 0.936. The predicted molar refractivity (Wildman–Crippen MR) is 72.0 cm³/mol. The number of fused-ring (bicyclic) bond motifs is 1. The van der Waals surface area contributed by atoms with Gasteiger partial charge in [0.1, 0.15) is 0 Å². The summed E-state index contributed by atoms with van der Waals surface area (Å²) in [6, 6.07) is 5.02. The summed E-state index contributed by atoms with van der Waals surface area (Å²) >= 11 is 6.04. The first kappa shape index (κ1) is 12.8. The summed E-state index contributed by atoms with van der Waals surface area (Å²) < 4.78 is 12.1. The molecule has 0 radical (unpaired) electrons. The molecule has 6 nitrogen and oxygen atoms in total. The van der Waals surface area contributed by atoms with Crippen molar-refractivity contribution in [1.29, 1.82) is 0 Å². The Morgan fingerprint density at radius 1 is 1.50 bits per heavy atom. The second-order valence-electron chi connectivity index (χ2n) is 4.32. The summed E-state index contributed by atoms with van der Waals surface area (Å²) in [6.07, 6.45) is 1.68. The molecule has 0 fully saturated rings. The molecule has 0 saturated carbocycles. The molecule has 0 unspecified atom stereocenters. The van der Waals surface area contributed by atoms with E-state index in [1.165, 1.54) is 0 Å². The molecule has 0 aliphatic carbocycles. The lowest BCUT2D eigenvalue weighted by Crippen LogP contribution is -2.24. The Hall–Kier alpha value is -2.21. The number of nitrogens with one attached hydrogen (secondary N) is 1. The number of nitrogens with zero attached hydrogens (tertiary/aromatic N) is 2. The van der Waals surface area contributed by atoms with Crippen LogP contribution >= 0.6 is 11.6 Å². The minimum absolute atomic E-state index is 0.120. The number of carbonyl (C=O) groups excluding carboxylic acids is 1. The molecule has 1 aliphatic heterocycles. The summed E-state index contributed by atoms with van der Waals surface area (Å²) in [5.74, 6) is 0.740. The molecule has 1 amide bonds. The lowest BCUT2D eigenvalue weighted by Gasteiger charge is -2.07. The number of ether oxygens (including phenoxy) is 2. The standard InChI is InChI=1S/C13H12ClN3O3/c1-17-9(2-3-16-17)6-15-13(18)8-4-10(14)12-11(5-8)19-7-20-12/h2-5H,6-7H2,1H3,(H,15,18). The van der Waals surface area contributed by atoms with E-state index in [2.05, 4.69) is 10.4 Å². The minimum Gasteiger partial charge on any atom is -0.454 e. The summed E-state index contributed by atoms with van der Waals surface area (Å²) in [5, 5.41) is 7.21. The molecule has 0 atom stereocenters. The zero-order valence-corrected chi connectivity index (χ0v) is 11.5. The minimum atomic E-state index is -0.230. The van der Waals surface area contributed by atoms with Crippen LogP contribution in [0.15, 0.2) is 24.4 Å². The number of carbonyl (C=O) groups is 1. The van der Waals surface area contributed by atoms with Gasteiger partial charge in [-0.05, 0) is 18.2 Å². The smallest absolute Gasteiger partial charge is 0.251 e. The third-order valence-corrected chi connectivity index (χ3v) is 3.32. The van der Waals surface area contributed by atoms with Crippen LogP contribution in [0.2, 0.25) is 5.02 Å². The molecule has 1 N–H and O–H groups in total.